The van der Waals surface area contributed by atoms with Crippen LogP contribution in [0.1, 0.15) is 0 Å². The van der Waals surface area contributed by atoms with E-state index < -0.39 is 16.9 Å². The van der Waals surface area contributed by atoms with E-state index in [9.17, 15) is 22.0 Å². The molecule has 0 fully saturated rings. The third-order valence-electron chi connectivity index (χ3n) is 0.652. The minimum absolute atomic E-state index is 3.90. The summed E-state index contributed by atoms with van der Waals surface area (Å²) in [6.07, 6.45) is -4.03. The smallest absolute Gasteiger partial charge is 0.211 e. The quantitative estimate of drug-likeness (QED) is 0.477. The molecule has 0 radical (unpaired) electrons. The molecule has 0 aromatic heterocycles. The van der Waals surface area contributed by atoms with Gasteiger partial charge < -0.3 is 0 Å². The number of halogens is 7. The van der Waals surface area contributed by atoms with Gasteiger partial charge in [0.25, 0.3) is 6.43 Å². The Hall–Kier alpha value is 0.230. The van der Waals surface area contributed by atoms with Crippen LogP contribution in [0.25, 0.3) is 0 Å². The van der Waals surface area contributed by atoms with Gasteiger partial charge in [-0.3, -0.25) is 0 Å². The van der Waals surface area contributed by atoms with Gasteiger partial charge in [-0.15, -0.1) is 0 Å². The molecule has 0 N–H and O–H groups in total. The molecule has 0 aliphatic rings. The monoisotopic (exact) mass is 202 g/mol. The van der Waals surface area contributed by atoms with Gasteiger partial charge in [0.1, 0.15) is 0 Å². The Labute approximate surface area is 62.9 Å². The molecule has 0 saturated carbocycles. The number of hydrogen-bond acceptors (Lipinski definition) is 0. The summed E-state index contributed by atoms with van der Waals surface area (Å²) in [6, 6.07) is 0. The predicted octanol–water partition coefficient (Wildman–Crippen LogP) is 2.99. The van der Waals surface area contributed by atoms with Crippen LogP contribution in [0.5, 0.6) is 0 Å². The van der Waals surface area contributed by atoms with Crippen molar-refractivity contribution in [2.24, 2.45) is 0 Å². The Morgan fingerprint density at radius 3 is 1.30 bits per heavy atom. The van der Waals surface area contributed by atoms with Crippen LogP contribution >= 0.6 is 23.2 Å². The number of hydrogen-bond donors (Lipinski definition) is 0. The first-order chi connectivity index (χ1) is 4.19. The summed E-state index contributed by atoms with van der Waals surface area (Å²) >= 11 is 7.95. The average Bonchev–Trinajstić information content (AvgIpc) is 1.62. The maximum atomic E-state index is 11.9. The van der Waals surface area contributed by atoms with E-state index >= 15 is 0 Å². The van der Waals surface area contributed by atoms with Crippen LogP contribution in [-0.4, -0.2) is 16.9 Å². The molecule has 10 heavy (non-hydrogen) atoms. The van der Waals surface area contributed by atoms with Gasteiger partial charge in [-0.2, -0.15) is 8.78 Å². The van der Waals surface area contributed by atoms with Crippen molar-refractivity contribution in [3.63, 3.8) is 0 Å². The molecule has 0 saturated heterocycles. The van der Waals surface area contributed by atoms with E-state index in [1.807, 2.05) is 0 Å². The largest absolute Gasteiger partial charge is 0.374 e. The fourth-order valence-electron chi connectivity index (χ4n) is 0.124. The van der Waals surface area contributed by atoms with E-state index in [0.717, 1.165) is 0 Å². The summed E-state index contributed by atoms with van der Waals surface area (Å²) in [5.41, 5.74) is 0. The van der Waals surface area contributed by atoms with Crippen molar-refractivity contribution in [3.8, 4) is 0 Å². The first kappa shape index (κ1) is 10.2. The van der Waals surface area contributed by atoms with Crippen LogP contribution in [0.2, 0.25) is 0 Å². The zero-order chi connectivity index (χ0) is 8.58. The highest BCUT2D eigenvalue weighted by atomic mass is 35.5. The lowest BCUT2D eigenvalue weighted by Crippen LogP contribution is -2.40. The van der Waals surface area contributed by atoms with Crippen LogP contribution in [0, 0.1) is 0 Å². The molecule has 0 amide bonds. The number of alkyl halides is 7. The van der Waals surface area contributed by atoms with Crippen LogP contribution in [0.15, 0.2) is 0 Å². The van der Waals surface area contributed by atoms with Crippen molar-refractivity contribution in [3.05, 3.63) is 0 Å². The SMILES string of the molecule is FC(F)[C@@](F)(Cl)C(F)(F)Cl. The summed E-state index contributed by atoms with van der Waals surface area (Å²) < 4.78 is 57.4. The molecule has 1 atom stereocenters. The van der Waals surface area contributed by atoms with Crippen molar-refractivity contribution in [1.29, 1.82) is 0 Å². The van der Waals surface area contributed by atoms with Gasteiger partial charge in [-0.05, 0) is 11.6 Å². The molecule has 0 aliphatic carbocycles. The van der Waals surface area contributed by atoms with Crippen LogP contribution in [0.3, 0.4) is 0 Å². The molecule has 0 nitrogen and oxygen atoms in total. The Morgan fingerprint density at radius 2 is 1.30 bits per heavy atom. The van der Waals surface area contributed by atoms with E-state index in [1.165, 1.54) is 0 Å². The van der Waals surface area contributed by atoms with Gasteiger partial charge in [0.2, 0.25) is 0 Å². The summed E-state index contributed by atoms with van der Waals surface area (Å²) in [6.45, 7) is 0. The second-order valence-corrected chi connectivity index (χ2v) is 2.45. The molecule has 0 aromatic carbocycles. The topological polar surface area (TPSA) is 0 Å². The molecule has 7 heteroatoms. The van der Waals surface area contributed by atoms with Gasteiger partial charge >= 0.3 is 10.5 Å². The van der Waals surface area contributed by atoms with Gasteiger partial charge in [-0.1, -0.05) is 11.6 Å². The third kappa shape index (κ3) is 1.85. The van der Waals surface area contributed by atoms with Crippen LogP contribution in [0.4, 0.5) is 22.0 Å². The Balaban J connectivity index is 4.40. The van der Waals surface area contributed by atoms with Crippen LogP contribution in [-0.2, 0) is 0 Å². The molecule has 62 valence electrons. The fraction of sp³-hybridized carbons (Fsp3) is 1.00. The van der Waals surface area contributed by atoms with E-state index in [2.05, 4.69) is 23.2 Å². The van der Waals surface area contributed by atoms with Gasteiger partial charge in [-0.25, -0.2) is 13.2 Å². The van der Waals surface area contributed by atoms with Crippen molar-refractivity contribution in [2.45, 2.75) is 16.9 Å². The van der Waals surface area contributed by atoms with Gasteiger partial charge in [0, 0.05) is 0 Å². The molecule has 0 spiro atoms. The van der Waals surface area contributed by atoms with Crippen molar-refractivity contribution in [1.82, 2.24) is 0 Å². The maximum absolute atomic E-state index is 11.9. The van der Waals surface area contributed by atoms with Crippen molar-refractivity contribution >= 4 is 23.2 Å². The van der Waals surface area contributed by atoms with Gasteiger partial charge in [0.15, 0.2) is 0 Å². The summed E-state index contributed by atoms with van der Waals surface area (Å²) in [5.74, 6) is 0. The summed E-state index contributed by atoms with van der Waals surface area (Å²) in [7, 11) is 0. The Morgan fingerprint density at radius 1 is 1.00 bits per heavy atom. The average molecular weight is 203 g/mol. The highest BCUT2D eigenvalue weighted by molar-refractivity contribution is 6.32. The molecule has 0 aromatic rings. The lowest BCUT2D eigenvalue weighted by atomic mass is 10.4. The van der Waals surface area contributed by atoms with Crippen molar-refractivity contribution in [2.75, 3.05) is 0 Å². The molecular formula is C3HCl2F5. The standard InChI is InChI=1S/C3HCl2F5/c4-2(8,1(6)7)3(5,9)10/h1H/t2-/m0/s1. The first-order valence-corrected chi connectivity index (χ1v) is 2.68. The second-order valence-electron chi connectivity index (χ2n) is 1.42. The Kier molecular flexibility index (Phi) is 2.76. The lowest BCUT2D eigenvalue weighted by molar-refractivity contribution is -0.100. The second kappa shape index (κ2) is 2.70. The predicted molar refractivity (Wildman–Crippen MR) is 26.5 cm³/mol. The fourth-order valence-corrected chi connectivity index (χ4v) is 0.206. The highest BCUT2D eigenvalue weighted by Gasteiger charge is 2.59. The van der Waals surface area contributed by atoms with E-state index in [4.69, 9.17) is 0 Å². The minimum Gasteiger partial charge on any atom is -0.211 e. The molecule has 0 bridgehead atoms. The van der Waals surface area contributed by atoms with Crippen LogP contribution < -0.4 is 0 Å². The Bertz CT molecular complexity index is 117. The molecule has 0 heterocycles. The first-order valence-electron chi connectivity index (χ1n) is 1.92. The number of rotatable bonds is 2. The van der Waals surface area contributed by atoms with E-state index in [1.54, 1.807) is 0 Å². The minimum atomic E-state index is -4.76. The van der Waals surface area contributed by atoms with E-state index in [0.29, 0.717) is 0 Å². The molecule has 0 rings (SSSR count). The molecular weight excluding hydrogens is 202 g/mol. The maximum Gasteiger partial charge on any atom is 0.374 e. The molecule has 0 unspecified atom stereocenters. The summed E-state index contributed by atoms with van der Waals surface area (Å²) in [5, 5.41) is -9.25. The normalized spacial score (nSPS) is 19.2. The zero-order valence-corrected chi connectivity index (χ0v) is 5.73. The van der Waals surface area contributed by atoms with E-state index in [-0.39, 0.29) is 0 Å². The third-order valence-corrected chi connectivity index (χ3v) is 1.43. The highest BCUT2D eigenvalue weighted by Crippen LogP contribution is 2.43. The van der Waals surface area contributed by atoms with Crippen molar-refractivity contribution < 1.29 is 22.0 Å². The summed E-state index contributed by atoms with van der Waals surface area (Å²) in [4.78, 5) is 0. The molecule has 0 aliphatic heterocycles. The van der Waals surface area contributed by atoms with Gasteiger partial charge in [0.05, 0.1) is 0 Å². The lowest BCUT2D eigenvalue weighted by Gasteiger charge is -2.20. The zero-order valence-electron chi connectivity index (χ0n) is 4.22.